The molecule has 1 aliphatic heterocycles. The molecule has 2 heterocycles. The van der Waals surface area contributed by atoms with E-state index in [1.807, 2.05) is 0 Å². The van der Waals surface area contributed by atoms with Gasteiger partial charge in [0, 0.05) is 19.4 Å². The second kappa shape index (κ2) is 4.70. The maximum Gasteiger partial charge on any atom is 0.339 e. The van der Waals surface area contributed by atoms with Gasteiger partial charge in [-0.05, 0) is 12.8 Å². The van der Waals surface area contributed by atoms with Crippen molar-refractivity contribution in [1.82, 2.24) is 4.98 Å². The van der Waals surface area contributed by atoms with Crippen molar-refractivity contribution in [3.05, 3.63) is 17.8 Å². The molecule has 1 aromatic rings. The molecule has 6 heteroatoms. The summed E-state index contributed by atoms with van der Waals surface area (Å²) >= 11 is 0. The number of esters is 1. The number of hydrogen-bond acceptors (Lipinski definition) is 6. The Morgan fingerprint density at radius 2 is 2.37 bits per heavy atom. The van der Waals surface area contributed by atoms with E-state index in [0.29, 0.717) is 30.3 Å². The average Bonchev–Trinajstić information content (AvgIpc) is 3.17. The van der Waals surface area contributed by atoms with Crippen molar-refractivity contribution in [2.75, 3.05) is 32.2 Å². The van der Waals surface area contributed by atoms with E-state index in [4.69, 9.17) is 14.2 Å². The number of carbonyl (C=O) groups is 1. The first-order valence-electron chi connectivity index (χ1n) is 6.30. The summed E-state index contributed by atoms with van der Waals surface area (Å²) in [5.41, 5.74) is 0.476. The lowest BCUT2D eigenvalue weighted by Crippen LogP contribution is -2.34. The Morgan fingerprint density at radius 1 is 1.53 bits per heavy atom. The molecule has 1 aromatic heterocycles. The van der Waals surface area contributed by atoms with Crippen LogP contribution < -0.4 is 10.1 Å². The molecule has 6 nitrogen and oxygen atoms in total. The van der Waals surface area contributed by atoms with Gasteiger partial charge in [0.25, 0.3) is 0 Å². The summed E-state index contributed by atoms with van der Waals surface area (Å²) in [5.74, 6) is 0.901. The van der Waals surface area contributed by atoms with Crippen molar-refractivity contribution < 1.29 is 19.0 Å². The van der Waals surface area contributed by atoms with Crippen LogP contribution in [0.5, 0.6) is 5.75 Å². The number of methoxy groups -OCH3 is 1. The largest absolute Gasteiger partial charge is 0.487 e. The molecule has 1 spiro atoms. The van der Waals surface area contributed by atoms with Gasteiger partial charge in [-0.25, -0.2) is 9.78 Å². The highest BCUT2D eigenvalue weighted by Gasteiger charge is 2.46. The highest BCUT2D eigenvalue weighted by molar-refractivity contribution is 5.90. The minimum Gasteiger partial charge on any atom is -0.487 e. The average molecular weight is 264 g/mol. The van der Waals surface area contributed by atoms with E-state index in [0.717, 1.165) is 12.8 Å². The molecule has 1 saturated carbocycles. The number of carbonyl (C=O) groups excluding carboxylic acids is 1. The Balaban J connectivity index is 1.69. The van der Waals surface area contributed by atoms with Gasteiger partial charge in [-0.1, -0.05) is 0 Å². The maximum atomic E-state index is 11.8. The number of nitrogens with zero attached hydrogens (tertiary/aromatic N) is 1. The van der Waals surface area contributed by atoms with Crippen LogP contribution in [0.2, 0.25) is 0 Å². The first-order chi connectivity index (χ1) is 9.22. The number of anilines is 1. The zero-order chi connectivity index (χ0) is 13.3. The zero-order valence-corrected chi connectivity index (χ0v) is 10.8. The predicted octanol–water partition coefficient (Wildman–Crippen LogP) is 1.22. The quantitative estimate of drug-likeness (QED) is 0.651. The number of pyridine rings is 1. The molecule has 1 N–H and O–H groups in total. The smallest absolute Gasteiger partial charge is 0.339 e. The molecule has 1 fully saturated rings. The van der Waals surface area contributed by atoms with Crippen LogP contribution in [-0.2, 0) is 9.47 Å². The van der Waals surface area contributed by atoms with Gasteiger partial charge in [0.05, 0.1) is 17.7 Å². The van der Waals surface area contributed by atoms with Crippen LogP contribution in [-0.4, -0.2) is 43.4 Å². The summed E-state index contributed by atoms with van der Waals surface area (Å²) in [7, 11) is 1.56. The number of ether oxygens (including phenoxy) is 3. The molecule has 19 heavy (non-hydrogen) atoms. The highest BCUT2D eigenvalue weighted by atomic mass is 16.6. The van der Waals surface area contributed by atoms with Crippen LogP contribution in [0, 0.1) is 0 Å². The van der Waals surface area contributed by atoms with Gasteiger partial charge in [-0.3, -0.25) is 0 Å². The molecular formula is C13H16N2O4. The van der Waals surface area contributed by atoms with E-state index in [1.165, 1.54) is 6.20 Å². The van der Waals surface area contributed by atoms with Crippen molar-refractivity contribution >= 4 is 11.8 Å². The molecule has 102 valence electrons. The standard InChI is InChI=1S/C13H16N2O4/c1-17-4-5-18-12(16)9-6-10-11(14-7-9)15-13(2-3-13)8-19-10/h6-7H,2-5,8H2,1H3,(H,14,15). The topological polar surface area (TPSA) is 69.7 Å². The Morgan fingerprint density at radius 3 is 3.11 bits per heavy atom. The lowest BCUT2D eigenvalue weighted by atomic mass is 10.2. The van der Waals surface area contributed by atoms with Crippen LogP contribution in [0.1, 0.15) is 23.2 Å². The molecule has 2 aliphatic rings. The van der Waals surface area contributed by atoms with E-state index in [1.54, 1.807) is 13.2 Å². The molecule has 0 radical (unpaired) electrons. The lowest BCUT2D eigenvalue weighted by molar-refractivity contribution is 0.0387. The molecule has 0 bridgehead atoms. The summed E-state index contributed by atoms with van der Waals surface area (Å²) in [5, 5.41) is 3.36. The minimum absolute atomic E-state index is 0.0838. The summed E-state index contributed by atoms with van der Waals surface area (Å²) < 4.78 is 15.5. The minimum atomic E-state index is -0.414. The Hall–Kier alpha value is -1.82. The fraction of sp³-hybridized carbons (Fsp3) is 0.538. The van der Waals surface area contributed by atoms with Gasteiger partial charge >= 0.3 is 5.97 Å². The van der Waals surface area contributed by atoms with Crippen LogP contribution >= 0.6 is 0 Å². The summed E-state index contributed by atoms with van der Waals surface area (Å²) in [6, 6.07) is 1.67. The third-order valence-corrected chi connectivity index (χ3v) is 3.35. The molecule has 0 unspecified atom stereocenters. The Kier molecular flexibility index (Phi) is 3.02. The van der Waals surface area contributed by atoms with Crippen LogP contribution in [0.4, 0.5) is 5.82 Å². The molecular weight excluding hydrogens is 248 g/mol. The second-order valence-electron chi connectivity index (χ2n) is 4.89. The van der Waals surface area contributed by atoms with Gasteiger partial charge in [-0.15, -0.1) is 0 Å². The molecule has 1 aliphatic carbocycles. The number of rotatable bonds is 4. The van der Waals surface area contributed by atoms with Crippen molar-refractivity contribution in [2.24, 2.45) is 0 Å². The number of fused-ring (bicyclic) bond motifs is 1. The molecule has 3 rings (SSSR count). The SMILES string of the molecule is COCCOC(=O)c1cnc2c(c1)OCC1(CC1)N2. The van der Waals surface area contributed by atoms with Crippen molar-refractivity contribution in [1.29, 1.82) is 0 Å². The van der Waals surface area contributed by atoms with Crippen molar-refractivity contribution in [2.45, 2.75) is 18.4 Å². The van der Waals surface area contributed by atoms with Gasteiger partial charge in [0.15, 0.2) is 11.6 Å². The number of hydrogen-bond donors (Lipinski definition) is 1. The highest BCUT2D eigenvalue weighted by Crippen LogP contribution is 2.44. The van der Waals surface area contributed by atoms with Crippen molar-refractivity contribution in [3.63, 3.8) is 0 Å². The number of nitrogens with one attached hydrogen (secondary N) is 1. The predicted molar refractivity (Wildman–Crippen MR) is 67.5 cm³/mol. The first-order valence-corrected chi connectivity index (χ1v) is 6.30. The molecule has 0 aromatic carbocycles. The monoisotopic (exact) mass is 264 g/mol. The summed E-state index contributed by atoms with van der Waals surface area (Å²) in [6.07, 6.45) is 3.72. The molecule has 0 saturated heterocycles. The van der Waals surface area contributed by atoms with Crippen LogP contribution in [0.15, 0.2) is 12.3 Å². The first kappa shape index (κ1) is 12.2. The van der Waals surface area contributed by atoms with E-state index >= 15 is 0 Å². The third-order valence-electron chi connectivity index (χ3n) is 3.35. The van der Waals surface area contributed by atoms with Gasteiger partial charge < -0.3 is 19.5 Å². The van der Waals surface area contributed by atoms with Gasteiger partial charge in [-0.2, -0.15) is 0 Å². The van der Waals surface area contributed by atoms with Crippen molar-refractivity contribution in [3.8, 4) is 5.75 Å². The van der Waals surface area contributed by atoms with E-state index in [-0.39, 0.29) is 12.1 Å². The normalized spacial score (nSPS) is 18.2. The Bertz CT molecular complexity index is 499. The van der Waals surface area contributed by atoms with E-state index in [9.17, 15) is 4.79 Å². The van der Waals surface area contributed by atoms with Crippen LogP contribution in [0.3, 0.4) is 0 Å². The molecule has 0 amide bonds. The Labute approximate surface area is 111 Å². The van der Waals surface area contributed by atoms with E-state index < -0.39 is 5.97 Å². The number of aromatic nitrogens is 1. The molecule has 0 atom stereocenters. The second-order valence-corrected chi connectivity index (χ2v) is 4.89. The van der Waals surface area contributed by atoms with Gasteiger partial charge in [0.2, 0.25) is 0 Å². The maximum absolute atomic E-state index is 11.8. The lowest BCUT2D eigenvalue weighted by Gasteiger charge is -2.26. The van der Waals surface area contributed by atoms with Crippen LogP contribution in [0.25, 0.3) is 0 Å². The third kappa shape index (κ3) is 2.49. The zero-order valence-electron chi connectivity index (χ0n) is 10.8. The fourth-order valence-corrected chi connectivity index (χ4v) is 1.98. The van der Waals surface area contributed by atoms with Gasteiger partial charge in [0.1, 0.15) is 13.2 Å². The van der Waals surface area contributed by atoms with E-state index in [2.05, 4.69) is 10.3 Å². The fourth-order valence-electron chi connectivity index (χ4n) is 1.98. The summed E-state index contributed by atoms with van der Waals surface area (Å²) in [4.78, 5) is 16.0. The summed E-state index contributed by atoms with van der Waals surface area (Å²) in [6.45, 7) is 1.24.